The van der Waals surface area contributed by atoms with Gasteiger partial charge >= 0.3 is 6.09 Å². The molecule has 6 nitrogen and oxygen atoms in total. The van der Waals surface area contributed by atoms with Gasteiger partial charge in [-0.05, 0) is 44.0 Å². The maximum atomic E-state index is 14.7. The zero-order chi connectivity index (χ0) is 20.8. The lowest BCUT2D eigenvalue weighted by Crippen LogP contribution is -2.45. The number of carbonyl (C=O) groups is 1. The minimum absolute atomic E-state index is 0.0799. The summed E-state index contributed by atoms with van der Waals surface area (Å²) in [5, 5.41) is 13.4. The molecule has 9 heteroatoms. The van der Waals surface area contributed by atoms with E-state index in [2.05, 4.69) is 15.3 Å². The molecule has 2 N–H and O–H groups in total. The van der Waals surface area contributed by atoms with E-state index in [0.717, 1.165) is 38.5 Å². The molecule has 1 saturated heterocycles. The van der Waals surface area contributed by atoms with Crippen LogP contribution in [0.4, 0.5) is 20.6 Å². The predicted molar refractivity (Wildman–Crippen MR) is 119 cm³/mol. The minimum Gasteiger partial charge on any atom is -0.465 e. The number of anilines is 2. The Balaban J connectivity index is 1.52. The Morgan fingerprint density at radius 1 is 1.33 bits per heavy atom. The van der Waals surface area contributed by atoms with E-state index in [1.807, 2.05) is 31.2 Å². The molecule has 0 spiro atoms. The van der Waals surface area contributed by atoms with E-state index in [0.29, 0.717) is 17.6 Å². The number of thiophene rings is 1. The summed E-state index contributed by atoms with van der Waals surface area (Å²) in [5.41, 5.74) is 3.80. The summed E-state index contributed by atoms with van der Waals surface area (Å²) in [6, 6.07) is 7.62. The fraction of sp³-hybridized carbons (Fsp3) is 0.286. The van der Waals surface area contributed by atoms with Crippen LogP contribution in [0.25, 0.3) is 20.4 Å². The smallest absolute Gasteiger partial charge is 0.407 e. The molecule has 1 fully saturated rings. The second-order valence-corrected chi connectivity index (χ2v) is 9.42. The van der Waals surface area contributed by atoms with Gasteiger partial charge in [0.05, 0.1) is 27.6 Å². The average Bonchev–Trinajstić information content (AvgIpc) is 3.36. The molecule has 4 heterocycles. The number of piperidine rings is 1. The quantitative estimate of drug-likeness (QED) is 0.405. The van der Waals surface area contributed by atoms with Crippen LogP contribution in [0.3, 0.4) is 0 Å². The highest BCUT2D eigenvalue weighted by Crippen LogP contribution is 2.41. The van der Waals surface area contributed by atoms with E-state index in [9.17, 15) is 14.3 Å². The first-order chi connectivity index (χ1) is 14.5. The topological polar surface area (TPSA) is 78.4 Å². The number of nitrogens with one attached hydrogen (secondary N) is 1. The van der Waals surface area contributed by atoms with Crippen LogP contribution in [0, 0.1) is 5.82 Å². The maximum Gasteiger partial charge on any atom is 0.407 e. The third-order valence-corrected chi connectivity index (χ3v) is 7.72. The van der Waals surface area contributed by atoms with Crippen LogP contribution in [0.2, 0.25) is 0 Å². The van der Waals surface area contributed by atoms with Crippen molar-refractivity contribution in [3.05, 3.63) is 46.7 Å². The summed E-state index contributed by atoms with van der Waals surface area (Å²) in [5.74, 6) is -0.342. The van der Waals surface area contributed by atoms with E-state index in [-0.39, 0.29) is 12.0 Å². The number of aromatic nitrogens is 2. The van der Waals surface area contributed by atoms with Crippen molar-refractivity contribution in [2.24, 2.45) is 0 Å². The number of hydrogen-bond donors (Lipinski definition) is 2. The number of carboxylic acid groups (broad SMARTS) is 1. The lowest BCUT2D eigenvalue weighted by atomic mass is 9.89. The third kappa shape index (κ3) is 3.27. The van der Waals surface area contributed by atoms with Crippen LogP contribution in [0.1, 0.15) is 30.6 Å². The van der Waals surface area contributed by atoms with Gasteiger partial charge < -0.3 is 15.3 Å². The molecule has 0 bridgehead atoms. The highest BCUT2D eigenvalue weighted by molar-refractivity contribution is 7.18. The number of amides is 1. The molecule has 0 saturated carbocycles. The average molecular weight is 443 g/mol. The fourth-order valence-corrected chi connectivity index (χ4v) is 6.07. The van der Waals surface area contributed by atoms with Gasteiger partial charge in [-0.25, -0.2) is 19.2 Å². The van der Waals surface area contributed by atoms with Crippen molar-refractivity contribution in [3.63, 3.8) is 0 Å². The molecular weight excluding hydrogens is 423 g/mol. The molecule has 2 unspecified atom stereocenters. The number of rotatable bonds is 3. The molecular formula is C21H19FN4O2S2. The zero-order valence-electron chi connectivity index (χ0n) is 16.1. The van der Waals surface area contributed by atoms with Crippen molar-refractivity contribution in [1.29, 1.82) is 0 Å². The monoisotopic (exact) mass is 442 g/mol. The van der Waals surface area contributed by atoms with Gasteiger partial charge in [0.1, 0.15) is 4.83 Å². The lowest BCUT2D eigenvalue weighted by Gasteiger charge is -2.37. The second kappa shape index (κ2) is 7.48. The van der Waals surface area contributed by atoms with E-state index in [4.69, 9.17) is 0 Å². The summed E-state index contributed by atoms with van der Waals surface area (Å²) in [7, 11) is 0. The van der Waals surface area contributed by atoms with Crippen molar-refractivity contribution in [2.75, 3.05) is 11.9 Å². The van der Waals surface area contributed by atoms with Crippen molar-refractivity contribution < 1.29 is 14.3 Å². The molecule has 3 aromatic heterocycles. The number of halogens is 1. The predicted octanol–water partition coefficient (Wildman–Crippen LogP) is 6.03. The summed E-state index contributed by atoms with van der Waals surface area (Å²) in [6.07, 6.45) is 2.07. The van der Waals surface area contributed by atoms with Crippen molar-refractivity contribution in [2.45, 2.75) is 31.7 Å². The standard InChI is InChI=1S/C21H19FN4O2S2/c1-11-13(3-2-6-26(11)21(27)28)18-8-14-19(15(22)9-23-20(14)30-18)25-12-4-5-17-16(7-12)24-10-29-17/h4-5,7-11,13H,2-3,6H2,1H3,(H,23,25)(H,27,28). The number of hydrogen-bond acceptors (Lipinski definition) is 6. The molecule has 0 radical (unpaired) electrons. The van der Waals surface area contributed by atoms with Gasteiger partial charge in [0, 0.05) is 34.5 Å². The number of benzene rings is 1. The molecule has 4 aromatic rings. The molecule has 1 amide bonds. The number of pyridine rings is 1. The number of thiazole rings is 1. The minimum atomic E-state index is -0.891. The normalized spacial score (nSPS) is 19.5. The van der Waals surface area contributed by atoms with Gasteiger partial charge in [-0.15, -0.1) is 22.7 Å². The highest BCUT2D eigenvalue weighted by atomic mass is 32.1. The second-order valence-electron chi connectivity index (χ2n) is 7.47. The highest BCUT2D eigenvalue weighted by Gasteiger charge is 2.33. The van der Waals surface area contributed by atoms with Crippen LogP contribution >= 0.6 is 22.7 Å². The van der Waals surface area contributed by atoms with Crippen LogP contribution in [-0.4, -0.2) is 38.7 Å². The Morgan fingerprint density at radius 2 is 2.20 bits per heavy atom. The molecule has 5 rings (SSSR count). The molecule has 1 aliphatic rings. The van der Waals surface area contributed by atoms with Crippen LogP contribution < -0.4 is 5.32 Å². The fourth-order valence-electron chi connectivity index (χ4n) is 4.17. The van der Waals surface area contributed by atoms with Gasteiger partial charge in [-0.3, -0.25) is 0 Å². The molecule has 1 aliphatic heterocycles. The Hall–Kier alpha value is -2.78. The van der Waals surface area contributed by atoms with Crippen LogP contribution in [0.15, 0.2) is 36.0 Å². The van der Waals surface area contributed by atoms with Crippen LogP contribution in [-0.2, 0) is 0 Å². The summed E-state index contributed by atoms with van der Waals surface area (Å²) >= 11 is 3.07. The van der Waals surface area contributed by atoms with Gasteiger partial charge in [0.15, 0.2) is 5.82 Å². The van der Waals surface area contributed by atoms with E-state index >= 15 is 0 Å². The molecule has 30 heavy (non-hydrogen) atoms. The molecule has 2 atom stereocenters. The Bertz CT molecular complexity index is 1250. The maximum absolute atomic E-state index is 14.7. The largest absolute Gasteiger partial charge is 0.465 e. The van der Waals surface area contributed by atoms with E-state index in [1.165, 1.54) is 22.4 Å². The lowest BCUT2D eigenvalue weighted by molar-refractivity contribution is 0.104. The number of nitrogens with zero attached hydrogens (tertiary/aromatic N) is 3. The molecule has 0 aliphatic carbocycles. The van der Waals surface area contributed by atoms with E-state index in [1.54, 1.807) is 16.8 Å². The Labute approximate surface area is 180 Å². The first-order valence-corrected chi connectivity index (χ1v) is 11.4. The molecule has 154 valence electrons. The molecule has 1 aromatic carbocycles. The van der Waals surface area contributed by atoms with Gasteiger partial charge in [0.2, 0.25) is 0 Å². The number of fused-ring (bicyclic) bond motifs is 2. The SMILES string of the molecule is CC1C(c2cc3c(Nc4ccc5scnc5c4)c(F)cnc3s2)CCCN1C(=O)O. The van der Waals surface area contributed by atoms with Crippen molar-refractivity contribution >= 4 is 60.6 Å². The first-order valence-electron chi connectivity index (χ1n) is 9.69. The summed E-state index contributed by atoms with van der Waals surface area (Å²) < 4.78 is 15.8. The third-order valence-electron chi connectivity index (χ3n) is 5.73. The van der Waals surface area contributed by atoms with Gasteiger partial charge in [0.25, 0.3) is 0 Å². The Morgan fingerprint density at radius 3 is 3.03 bits per heavy atom. The Kier molecular flexibility index (Phi) is 4.79. The van der Waals surface area contributed by atoms with Crippen LogP contribution in [0.5, 0.6) is 0 Å². The van der Waals surface area contributed by atoms with Crippen molar-refractivity contribution in [3.8, 4) is 0 Å². The summed E-state index contributed by atoms with van der Waals surface area (Å²) in [6.45, 7) is 2.50. The zero-order valence-corrected chi connectivity index (χ0v) is 17.8. The van der Waals surface area contributed by atoms with E-state index < -0.39 is 11.9 Å². The van der Waals surface area contributed by atoms with Crippen molar-refractivity contribution in [1.82, 2.24) is 14.9 Å². The first kappa shape index (κ1) is 19.2. The number of likely N-dealkylation sites (tertiary alicyclic amines) is 1. The summed E-state index contributed by atoms with van der Waals surface area (Å²) in [4.78, 5) is 23.4. The van der Waals surface area contributed by atoms with Gasteiger partial charge in [-0.1, -0.05) is 0 Å². The van der Waals surface area contributed by atoms with Gasteiger partial charge in [-0.2, -0.15) is 0 Å².